The van der Waals surface area contributed by atoms with Crippen molar-refractivity contribution in [1.82, 2.24) is 9.78 Å². The van der Waals surface area contributed by atoms with Gasteiger partial charge in [-0.3, -0.25) is 9.59 Å². The van der Waals surface area contributed by atoms with Gasteiger partial charge in [0.05, 0.1) is 12.6 Å². The molecule has 28 heavy (non-hydrogen) atoms. The summed E-state index contributed by atoms with van der Waals surface area (Å²) in [6.07, 6.45) is 1.75. The molecule has 1 aliphatic rings. The number of carbonyl (C=O) groups excluding carboxylic acids is 2. The Labute approximate surface area is 163 Å². The number of benzene rings is 2. The monoisotopic (exact) mass is 374 g/mol. The van der Waals surface area contributed by atoms with Crippen LogP contribution in [0.1, 0.15) is 37.8 Å². The lowest BCUT2D eigenvalue weighted by Gasteiger charge is -2.11. The van der Waals surface area contributed by atoms with E-state index in [0.29, 0.717) is 11.7 Å². The van der Waals surface area contributed by atoms with Crippen LogP contribution in [-0.4, -0.2) is 21.6 Å². The minimum atomic E-state index is -0.651. The second-order valence-corrected chi connectivity index (χ2v) is 7.25. The summed E-state index contributed by atoms with van der Waals surface area (Å²) >= 11 is 0. The molecule has 2 aromatic carbocycles. The Morgan fingerprint density at radius 3 is 2.54 bits per heavy atom. The van der Waals surface area contributed by atoms with E-state index < -0.39 is 6.04 Å². The summed E-state index contributed by atoms with van der Waals surface area (Å²) in [7, 11) is 0. The summed E-state index contributed by atoms with van der Waals surface area (Å²) in [5, 5.41) is 10.1. The van der Waals surface area contributed by atoms with Gasteiger partial charge in [-0.25, -0.2) is 4.68 Å². The van der Waals surface area contributed by atoms with Crippen molar-refractivity contribution in [3.63, 3.8) is 0 Å². The molecule has 0 saturated carbocycles. The van der Waals surface area contributed by atoms with Crippen LogP contribution in [0.5, 0.6) is 0 Å². The van der Waals surface area contributed by atoms with Gasteiger partial charge in [0.25, 0.3) is 5.91 Å². The van der Waals surface area contributed by atoms with E-state index in [9.17, 15) is 9.59 Å². The Hall–Kier alpha value is -3.41. The fourth-order valence-electron chi connectivity index (χ4n) is 3.38. The number of hydrogen-bond donors (Lipinski definition) is 2. The molecule has 0 fully saturated rings. The predicted molar refractivity (Wildman–Crippen MR) is 109 cm³/mol. The van der Waals surface area contributed by atoms with Crippen molar-refractivity contribution in [2.45, 2.75) is 32.2 Å². The number of hydrogen-bond acceptors (Lipinski definition) is 3. The van der Waals surface area contributed by atoms with Crippen molar-refractivity contribution < 1.29 is 9.59 Å². The number of rotatable bonds is 5. The van der Waals surface area contributed by atoms with Crippen molar-refractivity contribution in [2.24, 2.45) is 0 Å². The van der Waals surface area contributed by atoms with Gasteiger partial charge in [-0.2, -0.15) is 5.10 Å². The van der Waals surface area contributed by atoms with Crippen LogP contribution >= 0.6 is 0 Å². The highest BCUT2D eigenvalue weighted by Crippen LogP contribution is 2.35. The smallest absolute Gasteiger partial charge is 0.251 e. The molecule has 4 rings (SSSR count). The van der Waals surface area contributed by atoms with Crippen molar-refractivity contribution in [3.05, 3.63) is 66.4 Å². The number of aromatic nitrogens is 2. The maximum absolute atomic E-state index is 12.5. The van der Waals surface area contributed by atoms with Gasteiger partial charge < -0.3 is 10.6 Å². The maximum atomic E-state index is 12.5. The van der Waals surface area contributed by atoms with Gasteiger partial charge in [0, 0.05) is 11.3 Å². The molecule has 3 aromatic rings. The second-order valence-electron chi connectivity index (χ2n) is 7.25. The van der Waals surface area contributed by atoms with Crippen LogP contribution in [-0.2, 0) is 9.59 Å². The Balaban J connectivity index is 1.48. The largest absolute Gasteiger partial charge is 0.326 e. The molecule has 1 atom stereocenters. The standard InChI is InChI=1S/C22H22N4O2/c1-14(2)15-8-10-17(11-9-15)24-20(27)12-19-22(28)25-21-18(13-23-26(19)21)16-6-4-3-5-7-16/h3-11,13-14,19H,12H2,1-2H3,(H,24,27)(H,25,28)/t19-/m0/s1. The Morgan fingerprint density at radius 1 is 1.14 bits per heavy atom. The summed E-state index contributed by atoms with van der Waals surface area (Å²) in [5.41, 5.74) is 3.75. The lowest BCUT2D eigenvalue weighted by molar-refractivity contribution is -0.123. The third kappa shape index (κ3) is 3.41. The molecule has 0 unspecified atom stereocenters. The van der Waals surface area contributed by atoms with E-state index in [0.717, 1.165) is 16.8 Å². The lowest BCUT2D eigenvalue weighted by atomic mass is 10.0. The fourth-order valence-corrected chi connectivity index (χ4v) is 3.38. The van der Waals surface area contributed by atoms with Crippen LogP contribution in [0.2, 0.25) is 0 Å². The summed E-state index contributed by atoms with van der Waals surface area (Å²) in [4.78, 5) is 24.9. The quantitative estimate of drug-likeness (QED) is 0.703. The van der Waals surface area contributed by atoms with E-state index in [1.165, 1.54) is 5.56 Å². The third-order valence-electron chi connectivity index (χ3n) is 4.96. The van der Waals surface area contributed by atoms with Crippen LogP contribution in [0.3, 0.4) is 0 Å². The zero-order valence-corrected chi connectivity index (χ0v) is 15.8. The lowest BCUT2D eigenvalue weighted by Crippen LogP contribution is -2.23. The first kappa shape index (κ1) is 18.0. The Bertz CT molecular complexity index is 1010. The van der Waals surface area contributed by atoms with Gasteiger partial charge in [0.15, 0.2) is 0 Å². The molecular weight excluding hydrogens is 352 g/mol. The van der Waals surface area contributed by atoms with E-state index in [2.05, 4.69) is 29.6 Å². The average Bonchev–Trinajstić information content (AvgIpc) is 3.22. The first-order valence-electron chi connectivity index (χ1n) is 9.36. The molecule has 0 aliphatic carbocycles. The van der Waals surface area contributed by atoms with E-state index in [4.69, 9.17) is 0 Å². The van der Waals surface area contributed by atoms with Gasteiger partial charge in [0.2, 0.25) is 5.91 Å². The van der Waals surface area contributed by atoms with Gasteiger partial charge >= 0.3 is 0 Å². The predicted octanol–water partition coefficient (Wildman–Crippen LogP) is 4.20. The van der Waals surface area contributed by atoms with Crippen LogP contribution < -0.4 is 10.6 Å². The number of nitrogens with one attached hydrogen (secondary N) is 2. The number of carbonyl (C=O) groups is 2. The van der Waals surface area contributed by atoms with Gasteiger partial charge in [-0.1, -0.05) is 56.3 Å². The van der Waals surface area contributed by atoms with E-state index in [1.807, 2.05) is 54.6 Å². The number of nitrogens with zero attached hydrogens (tertiary/aromatic N) is 2. The van der Waals surface area contributed by atoms with Gasteiger partial charge in [0.1, 0.15) is 11.9 Å². The number of fused-ring (bicyclic) bond motifs is 1. The first-order valence-corrected chi connectivity index (χ1v) is 9.36. The number of anilines is 2. The minimum absolute atomic E-state index is 0.0284. The third-order valence-corrected chi connectivity index (χ3v) is 4.96. The fraction of sp³-hybridized carbons (Fsp3) is 0.227. The van der Waals surface area contributed by atoms with E-state index in [-0.39, 0.29) is 18.2 Å². The highest BCUT2D eigenvalue weighted by molar-refractivity contribution is 6.04. The van der Waals surface area contributed by atoms with Gasteiger partial charge in [-0.05, 0) is 29.2 Å². The highest BCUT2D eigenvalue weighted by Gasteiger charge is 2.35. The Morgan fingerprint density at radius 2 is 1.86 bits per heavy atom. The molecule has 6 nitrogen and oxygen atoms in total. The summed E-state index contributed by atoms with van der Waals surface area (Å²) < 4.78 is 1.60. The van der Waals surface area contributed by atoms with Crippen molar-refractivity contribution >= 4 is 23.3 Å². The van der Waals surface area contributed by atoms with Crippen LogP contribution in [0.25, 0.3) is 11.1 Å². The average molecular weight is 374 g/mol. The van der Waals surface area contributed by atoms with Crippen molar-refractivity contribution in [2.75, 3.05) is 10.6 Å². The molecule has 2 heterocycles. The SMILES string of the molecule is CC(C)c1ccc(NC(=O)C[C@H]2C(=O)Nc3c(-c4ccccc4)cnn32)cc1. The molecular formula is C22H22N4O2. The summed E-state index contributed by atoms with van der Waals surface area (Å²) in [6.45, 7) is 4.25. The zero-order chi connectivity index (χ0) is 19.7. The number of amides is 2. The van der Waals surface area contributed by atoms with Crippen LogP contribution in [0, 0.1) is 0 Å². The molecule has 2 N–H and O–H groups in total. The van der Waals surface area contributed by atoms with Crippen molar-refractivity contribution in [1.29, 1.82) is 0 Å². The molecule has 0 saturated heterocycles. The second kappa shape index (κ2) is 7.31. The maximum Gasteiger partial charge on any atom is 0.251 e. The van der Waals surface area contributed by atoms with Gasteiger partial charge in [-0.15, -0.1) is 0 Å². The molecule has 2 amide bonds. The Kier molecular flexibility index (Phi) is 4.69. The molecule has 142 valence electrons. The molecule has 1 aromatic heterocycles. The molecule has 0 bridgehead atoms. The van der Waals surface area contributed by atoms with Crippen LogP contribution in [0.15, 0.2) is 60.8 Å². The highest BCUT2D eigenvalue weighted by atomic mass is 16.2. The molecule has 0 radical (unpaired) electrons. The van der Waals surface area contributed by atoms with E-state index >= 15 is 0 Å². The van der Waals surface area contributed by atoms with Crippen LogP contribution in [0.4, 0.5) is 11.5 Å². The molecule has 0 spiro atoms. The zero-order valence-electron chi connectivity index (χ0n) is 15.8. The summed E-state index contributed by atoms with van der Waals surface area (Å²) in [6, 6.07) is 16.9. The normalized spacial score (nSPS) is 15.4. The first-order chi connectivity index (χ1) is 13.5. The molecule has 1 aliphatic heterocycles. The minimum Gasteiger partial charge on any atom is -0.326 e. The van der Waals surface area contributed by atoms with Crippen molar-refractivity contribution in [3.8, 4) is 11.1 Å². The summed E-state index contributed by atoms with van der Waals surface area (Å²) in [5.74, 6) is 0.631. The molecule has 6 heteroatoms. The topological polar surface area (TPSA) is 76.0 Å². The van der Waals surface area contributed by atoms with E-state index in [1.54, 1.807) is 10.9 Å².